The molecule has 2 rings (SSSR count). The topological polar surface area (TPSA) is 82.1 Å². The summed E-state index contributed by atoms with van der Waals surface area (Å²) in [6.45, 7) is 1.82. The molecule has 1 aromatic rings. The van der Waals surface area contributed by atoms with Crippen molar-refractivity contribution >= 4 is 5.84 Å². The number of hydrogen-bond acceptors (Lipinski definition) is 4. The minimum Gasteiger partial charge on any atom is -0.409 e. The summed E-state index contributed by atoms with van der Waals surface area (Å²) in [5.74, 6) is -0.478. The summed E-state index contributed by atoms with van der Waals surface area (Å²) < 4.78 is 13.7. The minimum absolute atomic E-state index is 0.0889. The van der Waals surface area contributed by atoms with Crippen molar-refractivity contribution in [3.8, 4) is 0 Å². The van der Waals surface area contributed by atoms with Crippen molar-refractivity contribution in [2.45, 2.75) is 38.3 Å². The van der Waals surface area contributed by atoms with Crippen LogP contribution in [0.4, 0.5) is 4.39 Å². The molecule has 1 heterocycles. The Morgan fingerprint density at radius 3 is 2.95 bits per heavy atom. The van der Waals surface area contributed by atoms with Crippen LogP contribution in [0.15, 0.2) is 23.4 Å². The van der Waals surface area contributed by atoms with E-state index in [9.17, 15) is 4.39 Å². The minimum atomic E-state index is -0.389. The highest BCUT2D eigenvalue weighted by molar-refractivity contribution is 5.97. The van der Waals surface area contributed by atoms with E-state index in [1.165, 1.54) is 12.1 Å². The van der Waals surface area contributed by atoms with Crippen LogP contribution in [0.5, 0.6) is 0 Å². The molecule has 0 saturated carbocycles. The van der Waals surface area contributed by atoms with Gasteiger partial charge in [0.05, 0.1) is 0 Å². The van der Waals surface area contributed by atoms with Gasteiger partial charge in [0.1, 0.15) is 5.82 Å². The van der Waals surface area contributed by atoms with Crippen molar-refractivity contribution in [1.82, 2.24) is 4.90 Å². The molecule has 6 heteroatoms. The van der Waals surface area contributed by atoms with Crippen LogP contribution in [-0.4, -0.2) is 40.2 Å². The Morgan fingerprint density at radius 2 is 2.24 bits per heavy atom. The molecule has 1 atom stereocenters. The van der Waals surface area contributed by atoms with Crippen molar-refractivity contribution in [2.24, 2.45) is 10.9 Å². The predicted molar refractivity (Wildman–Crippen MR) is 78.7 cm³/mol. The summed E-state index contributed by atoms with van der Waals surface area (Å²) in [6.07, 6.45) is 3.99. The second kappa shape index (κ2) is 7.38. The molecular formula is C15H22FN3O2. The number of amidine groups is 1. The van der Waals surface area contributed by atoms with Crippen LogP contribution in [0.2, 0.25) is 0 Å². The Bertz CT molecular complexity index is 508. The first-order valence-electron chi connectivity index (χ1n) is 7.26. The first kappa shape index (κ1) is 15.7. The fraction of sp³-hybridized carbons (Fsp3) is 0.533. The number of benzene rings is 1. The lowest BCUT2D eigenvalue weighted by atomic mass is 10.1. The average Bonchev–Trinajstić information content (AvgIpc) is 2.90. The average molecular weight is 295 g/mol. The molecule has 1 aliphatic heterocycles. The number of aliphatic hydroxyl groups excluding tert-OH is 1. The van der Waals surface area contributed by atoms with E-state index in [1.54, 1.807) is 6.07 Å². The van der Waals surface area contributed by atoms with Gasteiger partial charge >= 0.3 is 0 Å². The highest BCUT2D eigenvalue weighted by Gasteiger charge is 2.24. The first-order chi connectivity index (χ1) is 10.1. The number of halogens is 1. The number of likely N-dealkylation sites (tertiary alicyclic amines) is 1. The first-order valence-corrected chi connectivity index (χ1v) is 7.26. The molecular weight excluding hydrogens is 273 g/mol. The van der Waals surface area contributed by atoms with E-state index in [-0.39, 0.29) is 18.3 Å². The summed E-state index contributed by atoms with van der Waals surface area (Å²) in [7, 11) is 0. The van der Waals surface area contributed by atoms with Gasteiger partial charge in [0.2, 0.25) is 0 Å². The van der Waals surface area contributed by atoms with E-state index in [0.29, 0.717) is 18.2 Å². The quantitative estimate of drug-likeness (QED) is 0.323. The Morgan fingerprint density at radius 1 is 1.43 bits per heavy atom. The van der Waals surface area contributed by atoms with E-state index in [1.807, 2.05) is 0 Å². The van der Waals surface area contributed by atoms with Crippen molar-refractivity contribution < 1.29 is 14.7 Å². The summed E-state index contributed by atoms with van der Waals surface area (Å²) in [4.78, 5) is 2.31. The van der Waals surface area contributed by atoms with Gasteiger partial charge in [-0.05, 0) is 56.0 Å². The van der Waals surface area contributed by atoms with Crippen molar-refractivity contribution in [3.05, 3.63) is 35.1 Å². The van der Waals surface area contributed by atoms with Gasteiger partial charge in [-0.2, -0.15) is 0 Å². The van der Waals surface area contributed by atoms with Crippen LogP contribution < -0.4 is 5.73 Å². The number of nitrogens with two attached hydrogens (primary N) is 1. The largest absolute Gasteiger partial charge is 0.409 e. The van der Waals surface area contributed by atoms with Crippen LogP contribution in [0.1, 0.15) is 36.8 Å². The Hall–Kier alpha value is -1.66. The van der Waals surface area contributed by atoms with E-state index >= 15 is 0 Å². The van der Waals surface area contributed by atoms with Crippen molar-refractivity contribution in [3.63, 3.8) is 0 Å². The SMILES string of the molecule is N/C(=N/O)c1cc(F)cc(CN2CCCC2CCCO)c1. The molecule has 1 saturated heterocycles. The molecule has 0 radical (unpaired) electrons. The number of oxime groups is 1. The van der Waals surface area contributed by atoms with E-state index in [4.69, 9.17) is 16.0 Å². The van der Waals surface area contributed by atoms with Crippen molar-refractivity contribution in [2.75, 3.05) is 13.2 Å². The molecule has 21 heavy (non-hydrogen) atoms. The zero-order valence-electron chi connectivity index (χ0n) is 12.0. The van der Waals surface area contributed by atoms with Gasteiger partial charge in [-0.1, -0.05) is 5.16 Å². The highest BCUT2D eigenvalue weighted by atomic mass is 19.1. The van der Waals surface area contributed by atoms with Gasteiger partial charge in [-0.25, -0.2) is 4.39 Å². The fourth-order valence-corrected chi connectivity index (χ4v) is 2.94. The van der Waals surface area contributed by atoms with Crippen LogP contribution in [0.3, 0.4) is 0 Å². The van der Waals surface area contributed by atoms with Crippen LogP contribution in [0, 0.1) is 5.82 Å². The fourth-order valence-electron chi connectivity index (χ4n) is 2.94. The number of aliphatic hydroxyl groups is 1. The van der Waals surface area contributed by atoms with Crippen LogP contribution >= 0.6 is 0 Å². The molecule has 4 N–H and O–H groups in total. The molecule has 1 fully saturated rings. The standard InChI is InChI=1S/C15H22FN3O2/c16-13-8-11(7-12(9-13)15(17)18-21)10-19-5-1-3-14(19)4-2-6-20/h7-9,14,20-21H,1-6,10H2,(H2,17,18). The molecule has 1 aliphatic rings. The van der Waals surface area contributed by atoms with Gasteiger partial charge in [0.15, 0.2) is 5.84 Å². The summed E-state index contributed by atoms with van der Waals surface area (Å²) >= 11 is 0. The van der Waals surface area contributed by atoms with E-state index < -0.39 is 0 Å². The molecule has 0 aromatic heterocycles. The predicted octanol–water partition coefficient (Wildman–Crippen LogP) is 1.66. The molecule has 116 valence electrons. The van der Waals surface area contributed by atoms with Crippen LogP contribution in [-0.2, 0) is 6.54 Å². The lowest BCUT2D eigenvalue weighted by Crippen LogP contribution is -2.29. The van der Waals surface area contributed by atoms with Gasteiger partial charge in [-0.15, -0.1) is 0 Å². The molecule has 0 spiro atoms. The third-order valence-electron chi connectivity index (χ3n) is 3.94. The molecule has 1 unspecified atom stereocenters. The highest BCUT2D eigenvalue weighted by Crippen LogP contribution is 2.24. The van der Waals surface area contributed by atoms with Crippen molar-refractivity contribution in [1.29, 1.82) is 0 Å². The Balaban J connectivity index is 2.10. The van der Waals surface area contributed by atoms with Gasteiger partial charge < -0.3 is 16.0 Å². The number of rotatable bonds is 6. The number of hydrogen-bond donors (Lipinski definition) is 3. The van der Waals surface area contributed by atoms with E-state index in [0.717, 1.165) is 37.8 Å². The zero-order chi connectivity index (χ0) is 15.2. The van der Waals surface area contributed by atoms with Crippen LogP contribution in [0.25, 0.3) is 0 Å². The van der Waals surface area contributed by atoms with E-state index in [2.05, 4.69) is 10.1 Å². The number of nitrogens with zero attached hydrogens (tertiary/aromatic N) is 2. The molecule has 0 aliphatic carbocycles. The summed E-state index contributed by atoms with van der Waals surface area (Å²) in [5.41, 5.74) is 6.73. The maximum Gasteiger partial charge on any atom is 0.170 e. The van der Waals surface area contributed by atoms with Gasteiger partial charge in [0, 0.05) is 24.8 Å². The smallest absolute Gasteiger partial charge is 0.170 e. The maximum atomic E-state index is 13.7. The summed E-state index contributed by atoms with van der Waals surface area (Å²) in [6, 6.07) is 4.92. The molecule has 0 amide bonds. The second-order valence-electron chi connectivity index (χ2n) is 5.47. The van der Waals surface area contributed by atoms with Gasteiger partial charge in [-0.3, -0.25) is 4.90 Å². The third kappa shape index (κ3) is 4.15. The Kier molecular flexibility index (Phi) is 5.52. The molecule has 0 bridgehead atoms. The van der Waals surface area contributed by atoms with Gasteiger partial charge in [0.25, 0.3) is 0 Å². The summed E-state index contributed by atoms with van der Waals surface area (Å²) in [5, 5.41) is 20.6. The second-order valence-corrected chi connectivity index (χ2v) is 5.47. The third-order valence-corrected chi connectivity index (χ3v) is 3.94. The molecule has 5 nitrogen and oxygen atoms in total. The lowest BCUT2D eigenvalue weighted by Gasteiger charge is -2.24. The monoisotopic (exact) mass is 295 g/mol. The lowest BCUT2D eigenvalue weighted by molar-refractivity contribution is 0.210. The normalized spacial score (nSPS) is 20.1. The maximum absolute atomic E-state index is 13.7. The Labute approximate surface area is 123 Å². The molecule has 1 aromatic carbocycles. The zero-order valence-corrected chi connectivity index (χ0v) is 12.0.